The summed E-state index contributed by atoms with van der Waals surface area (Å²) in [4.78, 5) is 13.1. The van der Waals surface area contributed by atoms with E-state index in [9.17, 15) is 0 Å². The minimum absolute atomic E-state index is 0.00310. The molecule has 0 spiro atoms. The molecule has 0 N–H and O–H groups in total. The third-order valence-corrected chi connectivity index (χ3v) is 4.10. The summed E-state index contributed by atoms with van der Waals surface area (Å²) in [5.74, 6) is 2.31. The molecule has 1 aliphatic heterocycles. The normalized spacial score (nSPS) is 18.7. The number of ether oxygens (including phenoxy) is 1. The Balaban J connectivity index is 1.73. The summed E-state index contributed by atoms with van der Waals surface area (Å²) >= 11 is 0. The zero-order valence-corrected chi connectivity index (χ0v) is 13.9. The molecule has 6 heteroatoms. The molecule has 1 unspecified atom stereocenters. The van der Waals surface area contributed by atoms with Gasteiger partial charge >= 0.3 is 0 Å². The van der Waals surface area contributed by atoms with Crippen molar-refractivity contribution in [3.63, 3.8) is 0 Å². The fourth-order valence-electron chi connectivity index (χ4n) is 3.00. The average Bonchev–Trinajstić information content (AvgIpc) is 3.04. The maximum absolute atomic E-state index is 6.06. The number of aryl methyl sites for hydroxylation is 1. The lowest BCUT2D eigenvalue weighted by Crippen LogP contribution is -2.35. The number of benzene rings is 1. The molecule has 1 aromatic carbocycles. The average molecular weight is 322 g/mol. The number of nitrogens with zero attached hydrogens (tertiary/aromatic N) is 4. The Kier molecular flexibility index (Phi) is 3.33. The second-order valence-corrected chi connectivity index (χ2v) is 6.70. The van der Waals surface area contributed by atoms with E-state index in [1.54, 1.807) is 12.4 Å². The van der Waals surface area contributed by atoms with Crippen LogP contribution in [-0.4, -0.2) is 25.7 Å². The van der Waals surface area contributed by atoms with Crippen LogP contribution in [0.5, 0.6) is 5.75 Å². The fourth-order valence-corrected chi connectivity index (χ4v) is 3.00. The molecule has 2 aromatic heterocycles. The van der Waals surface area contributed by atoms with Crippen LogP contribution in [0, 0.1) is 6.92 Å². The van der Waals surface area contributed by atoms with Gasteiger partial charge < -0.3 is 9.26 Å². The zero-order valence-electron chi connectivity index (χ0n) is 13.9. The first-order valence-electron chi connectivity index (χ1n) is 7.92. The molecule has 0 saturated heterocycles. The molecule has 0 saturated carbocycles. The predicted molar refractivity (Wildman–Crippen MR) is 87.7 cm³/mol. The van der Waals surface area contributed by atoms with Crippen LogP contribution in [0.3, 0.4) is 0 Å². The van der Waals surface area contributed by atoms with E-state index in [-0.39, 0.29) is 11.5 Å². The maximum atomic E-state index is 6.06. The van der Waals surface area contributed by atoms with E-state index in [2.05, 4.69) is 34.0 Å². The first-order chi connectivity index (χ1) is 11.5. The minimum Gasteiger partial charge on any atom is -0.488 e. The first kappa shape index (κ1) is 14.8. The second kappa shape index (κ2) is 5.40. The van der Waals surface area contributed by atoms with E-state index in [0.717, 1.165) is 23.3 Å². The Morgan fingerprint density at radius 3 is 2.62 bits per heavy atom. The molecule has 24 heavy (non-hydrogen) atoms. The smallest absolute Gasteiger partial charge is 0.240 e. The van der Waals surface area contributed by atoms with Gasteiger partial charge in [-0.2, -0.15) is 4.98 Å². The van der Waals surface area contributed by atoms with Crippen molar-refractivity contribution in [1.82, 2.24) is 20.1 Å². The Bertz CT molecular complexity index is 871. The second-order valence-electron chi connectivity index (χ2n) is 6.70. The molecule has 0 aliphatic carbocycles. The zero-order chi connectivity index (χ0) is 16.7. The lowest BCUT2D eigenvalue weighted by atomic mass is 9.84. The topological polar surface area (TPSA) is 73.9 Å². The van der Waals surface area contributed by atoms with E-state index >= 15 is 0 Å². The van der Waals surface area contributed by atoms with Crippen LogP contribution in [-0.2, 0) is 0 Å². The van der Waals surface area contributed by atoms with Gasteiger partial charge in [0.25, 0.3) is 0 Å². The molecular weight excluding hydrogens is 304 g/mol. The quantitative estimate of drug-likeness (QED) is 0.718. The molecule has 0 bridgehead atoms. The number of fused-ring (bicyclic) bond motifs is 1. The van der Waals surface area contributed by atoms with Crippen LogP contribution in [0.25, 0.3) is 11.6 Å². The lowest BCUT2D eigenvalue weighted by molar-refractivity contribution is 0.0725. The highest BCUT2D eigenvalue weighted by Gasteiger charge is 2.37. The first-order valence-corrected chi connectivity index (χ1v) is 7.92. The summed E-state index contributed by atoms with van der Waals surface area (Å²) in [7, 11) is 0. The van der Waals surface area contributed by atoms with Crippen molar-refractivity contribution in [2.75, 3.05) is 0 Å². The molecule has 1 atom stereocenters. The molecule has 0 fully saturated rings. The number of aromatic nitrogens is 4. The third kappa shape index (κ3) is 2.64. The largest absolute Gasteiger partial charge is 0.488 e. The van der Waals surface area contributed by atoms with Crippen molar-refractivity contribution in [2.24, 2.45) is 0 Å². The van der Waals surface area contributed by atoms with Gasteiger partial charge in [-0.25, -0.2) is 9.97 Å². The fraction of sp³-hybridized carbons (Fsp3) is 0.333. The molecule has 0 radical (unpaired) electrons. The third-order valence-electron chi connectivity index (χ3n) is 4.10. The van der Waals surface area contributed by atoms with Crippen molar-refractivity contribution in [3.8, 4) is 17.4 Å². The van der Waals surface area contributed by atoms with E-state index in [4.69, 9.17) is 9.26 Å². The molecule has 122 valence electrons. The van der Waals surface area contributed by atoms with Crippen molar-refractivity contribution in [3.05, 3.63) is 53.7 Å². The molecule has 0 amide bonds. The van der Waals surface area contributed by atoms with Gasteiger partial charge in [0.15, 0.2) is 0 Å². The standard InChI is InChI=1S/C18H18N4O2/c1-11-9-19-15(20-10-11)16-21-17(24-22-16)13-8-18(2,3)23-14-7-5-4-6-12(13)14/h4-7,9-10,13H,8H2,1-3H3. The highest BCUT2D eigenvalue weighted by molar-refractivity contribution is 5.44. The van der Waals surface area contributed by atoms with Crippen molar-refractivity contribution in [2.45, 2.75) is 38.7 Å². The van der Waals surface area contributed by atoms with Crippen molar-refractivity contribution in [1.29, 1.82) is 0 Å². The van der Waals surface area contributed by atoms with Crippen LogP contribution in [0.2, 0.25) is 0 Å². The van der Waals surface area contributed by atoms with E-state index < -0.39 is 0 Å². The van der Waals surface area contributed by atoms with E-state index in [1.165, 1.54) is 0 Å². The Labute approximate surface area is 139 Å². The molecular formula is C18H18N4O2. The number of rotatable bonds is 2. The molecule has 3 heterocycles. The van der Waals surface area contributed by atoms with Crippen LogP contribution >= 0.6 is 0 Å². The van der Waals surface area contributed by atoms with Gasteiger partial charge in [0.05, 0.1) is 5.92 Å². The predicted octanol–water partition coefficient (Wildman–Crippen LogP) is 3.53. The van der Waals surface area contributed by atoms with Gasteiger partial charge in [-0.3, -0.25) is 0 Å². The van der Waals surface area contributed by atoms with Gasteiger partial charge in [-0.15, -0.1) is 0 Å². The molecule has 4 rings (SSSR count). The number of hydrogen-bond donors (Lipinski definition) is 0. The van der Waals surface area contributed by atoms with Crippen LogP contribution in [0.1, 0.15) is 43.2 Å². The van der Waals surface area contributed by atoms with Gasteiger partial charge in [-0.05, 0) is 32.4 Å². The molecule has 6 nitrogen and oxygen atoms in total. The number of para-hydroxylation sites is 1. The monoisotopic (exact) mass is 322 g/mol. The summed E-state index contributed by atoms with van der Waals surface area (Å²) < 4.78 is 11.6. The Morgan fingerprint density at radius 1 is 1.08 bits per heavy atom. The van der Waals surface area contributed by atoms with Crippen molar-refractivity contribution < 1.29 is 9.26 Å². The summed E-state index contributed by atoms with van der Waals surface area (Å²) in [6, 6.07) is 7.98. The summed E-state index contributed by atoms with van der Waals surface area (Å²) in [6.45, 7) is 6.07. The van der Waals surface area contributed by atoms with E-state index in [1.807, 2.05) is 31.2 Å². The van der Waals surface area contributed by atoms with Crippen LogP contribution in [0.15, 0.2) is 41.2 Å². The maximum Gasteiger partial charge on any atom is 0.240 e. The van der Waals surface area contributed by atoms with E-state index in [0.29, 0.717) is 17.5 Å². The number of hydrogen-bond acceptors (Lipinski definition) is 6. The SMILES string of the molecule is Cc1cnc(-c2noc(C3CC(C)(C)Oc4ccccc43)n2)nc1. The highest BCUT2D eigenvalue weighted by Crippen LogP contribution is 2.43. The lowest BCUT2D eigenvalue weighted by Gasteiger charge is -2.36. The van der Waals surface area contributed by atoms with Crippen molar-refractivity contribution >= 4 is 0 Å². The van der Waals surface area contributed by atoms with Gasteiger partial charge in [0.2, 0.25) is 17.5 Å². The van der Waals surface area contributed by atoms with Gasteiger partial charge in [0, 0.05) is 24.4 Å². The van der Waals surface area contributed by atoms with Gasteiger partial charge in [0.1, 0.15) is 11.4 Å². The van der Waals surface area contributed by atoms with Crippen LogP contribution < -0.4 is 4.74 Å². The molecule has 1 aliphatic rings. The highest BCUT2D eigenvalue weighted by atomic mass is 16.5. The summed E-state index contributed by atoms with van der Waals surface area (Å²) in [6.07, 6.45) is 4.25. The Morgan fingerprint density at radius 2 is 1.83 bits per heavy atom. The minimum atomic E-state index is -0.298. The van der Waals surface area contributed by atoms with Gasteiger partial charge in [-0.1, -0.05) is 23.4 Å². The van der Waals surface area contributed by atoms with Crippen LogP contribution in [0.4, 0.5) is 0 Å². The summed E-state index contributed by atoms with van der Waals surface area (Å²) in [5, 5.41) is 4.06. The summed E-state index contributed by atoms with van der Waals surface area (Å²) in [5.41, 5.74) is 1.76. The molecule has 3 aromatic rings. The Hall–Kier alpha value is -2.76.